The number of methoxy groups -OCH3 is 1. The van der Waals surface area contributed by atoms with Gasteiger partial charge in [0.05, 0.1) is 6.61 Å². The van der Waals surface area contributed by atoms with Crippen LogP contribution >= 0.6 is 0 Å². The van der Waals surface area contributed by atoms with Crippen LogP contribution in [0.4, 0.5) is 10.5 Å². The number of nitrogens with two attached hydrogens (primary N) is 1. The van der Waals surface area contributed by atoms with Gasteiger partial charge in [0, 0.05) is 24.9 Å². The average molecular weight is 237 g/mol. The van der Waals surface area contributed by atoms with Gasteiger partial charge in [0.15, 0.2) is 0 Å². The fourth-order valence-electron chi connectivity index (χ4n) is 1.16. The fraction of sp³-hybridized carbons (Fsp3) is 0.273. The zero-order chi connectivity index (χ0) is 12.7. The summed E-state index contributed by atoms with van der Waals surface area (Å²) in [6.07, 6.45) is 0. The van der Waals surface area contributed by atoms with Crippen LogP contribution in [0.2, 0.25) is 0 Å². The number of carbonyl (C=O) groups excluding carboxylic acids is 2. The molecule has 0 spiro atoms. The van der Waals surface area contributed by atoms with Crippen molar-refractivity contribution in [3.63, 3.8) is 0 Å². The lowest BCUT2D eigenvalue weighted by molar-refractivity contribution is 0.100. The van der Waals surface area contributed by atoms with Crippen molar-refractivity contribution < 1.29 is 14.3 Å². The zero-order valence-electron chi connectivity index (χ0n) is 9.53. The van der Waals surface area contributed by atoms with E-state index in [2.05, 4.69) is 10.6 Å². The monoisotopic (exact) mass is 237 g/mol. The molecule has 1 rings (SSSR count). The first-order valence-electron chi connectivity index (χ1n) is 5.07. The van der Waals surface area contributed by atoms with Crippen molar-refractivity contribution in [2.45, 2.75) is 0 Å². The molecule has 0 saturated heterocycles. The maximum Gasteiger partial charge on any atom is 0.319 e. The second-order valence-corrected chi connectivity index (χ2v) is 3.32. The maximum atomic E-state index is 11.3. The van der Waals surface area contributed by atoms with E-state index in [-0.39, 0.29) is 6.03 Å². The molecule has 0 aliphatic carbocycles. The van der Waals surface area contributed by atoms with Crippen LogP contribution in [0.15, 0.2) is 24.3 Å². The Hall–Kier alpha value is -2.08. The molecule has 92 valence electrons. The number of hydrogen-bond acceptors (Lipinski definition) is 3. The number of hydrogen-bond donors (Lipinski definition) is 3. The van der Waals surface area contributed by atoms with Gasteiger partial charge in [-0.1, -0.05) is 0 Å². The van der Waals surface area contributed by atoms with E-state index in [9.17, 15) is 9.59 Å². The Labute approximate surface area is 99.1 Å². The van der Waals surface area contributed by atoms with Crippen molar-refractivity contribution in [3.05, 3.63) is 29.8 Å². The van der Waals surface area contributed by atoms with Crippen molar-refractivity contribution in [3.8, 4) is 0 Å². The van der Waals surface area contributed by atoms with E-state index in [1.807, 2.05) is 0 Å². The second kappa shape index (κ2) is 6.49. The molecule has 0 radical (unpaired) electrons. The van der Waals surface area contributed by atoms with E-state index in [4.69, 9.17) is 10.5 Å². The summed E-state index contributed by atoms with van der Waals surface area (Å²) in [7, 11) is 1.56. The number of benzene rings is 1. The van der Waals surface area contributed by atoms with Gasteiger partial charge in [-0.2, -0.15) is 0 Å². The molecule has 0 bridgehead atoms. The quantitative estimate of drug-likeness (QED) is 0.653. The van der Waals surface area contributed by atoms with Gasteiger partial charge < -0.3 is 21.1 Å². The molecule has 6 heteroatoms. The highest BCUT2D eigenvalue weighted by atomic mass is 16.5. The standard InChI is InChI=1S/C11H15N3O3/c1-17-7-6-13-11(16)14-9-4-2-8(3-5-9)10(12)15/h2-5H,6-7H2,1H3,(H2,12,15)(H2,13,14,16). The van der Waals surface area contributed by atoms with Gasteiger partial charge in [-0.15, -0.1) is 0 Å². The third kappa shape index (κ3) is 4.52. The summed E-state index contributed by atoms with van der Waals surface area (Å²) in [6, 6.07) is 5.99. The highest BCUT2D eigenvalue weighted by molar-refractivity contribution is 5.94. The van der Waals surface area contributed by atoms with Crippen LogP contribution in [0.25, 0.3) is 0 Å². The van der Waals surface area contributed by atoms with Crippen molar-refractivity contribution in [2.75, 3.05) is 25.6 Å². The lowest BCUT2D eigenvalue weighted by Gasteiger charge is -2.07. The predicted octanol–water partition coefficient (Wildman–Crippen LogP) is 0.553. The molecular formula is C11H15N3O3. The Bertz CT molecular complexity index is 389. The van der Waals surface area contributed by atoms with Gasteiger partial charge in [-0.05, 0) is 24.3 Å². The zero-order valence-corrected chi connectivity index (χ0v) is 9.53. The summed E-state index contributed by atoms with van der Waals surface area (Å²) in [4.78, 5) is 22.2. The first-order chi connectivity index (χ1) is 8.13. The normalized spacial score (nSPS) is 9.71. The van der Waals surface area contributed by atoms with Crippen molar-refractivity contribution in [1.82, 2.24) is 5.32 Å². The smallest absolute Gasteiger partial charge is 0.319 e. The van der Waals surface area contributed by atoms with Crippen LogP contribution in [0, 0.1) is 0 Å². The first kappa shape index (κ1) is 13.0. The van der Waals surface area contributed by atoms with E-state index in [0.717, 1.165) is 0 Å². The molecule has 4 N–H and O–H groups in total. The van der Waals surface area contributed by atoms with Gasteiger partial charge in [-0.25, -0.2) is 4.79 Å². The Balaban J connectivity index is 2.46. The summed E-state index contributed by atoms with van der Waals surface area (Å²) in [6.45, 7) is 0.885. The minimum absolute atomic E-state index is 0.325. The highest BCUT2D eigenvalue weighted by Gasteiger charge is 2.02. The largest absolute Gasteiger partial charge is 0.383 e. The summed E-state index contributed by atoms with van der Waals surface area (Å²) in [5, 5.41) is 5.21. The maximum absolute atomic E-state index is 11.3. The Morgan fingerprint density at radius 1 is 1.29 bits per heavy atom. The van der Waals surface area contributed by atoms with Gasteiger partial charge >= 0.3 is 6.03 Å². The molecule has 1 aromatic carbocycles. The molecular weight excluding hydrogens is 222 g/mol. The number of nitrogens with one attached hydrogen (secondary N) is 2. The van der Waals surface area contributed by atoms with E-state index in [0.29, 0.717) is 24.4 Å². The average Bonchev–Trinajstić information content (AvgIpc) is 2.30. The molecule has 3 amide bonds. The van der Waals surface area contributed by atoms with E-state index < -0.39 is 5.91 Å². The molecule has 0 atom stereocenters. The third-order valence-electron chi connectivity index (χ3n) is 2.02. The molecule has 0 saturated carbocycles. The number of amides is 3. The fourth-order valence-corrected chi connectivity index (χ4v) is 1.16. The summed E-state index contributed by atoms with van der Waals surface area (Å²) in [5.74, 6) is -0.499. The minimum atomic E-state index is -0.499. The van der Waals surface area contributed by atoms with Crippen LogP contribution in [0.5, 0.6) is 0 Å². The van der Waals surface area contributed by atoms with Gasteiger partial charge in [0.1, 0.15) is 0 Å². The second-order valence-electron chi connectivity index (χ2n) is 3.32. The van der Waals surface area contributed by atoms with E-state index in [1.54, 1.807) is 31.4 Å². The summed E-state index contributed by atoms with van der Waals surface area (Å²) >= 11 is 0. The van der Waals surface area contributed by atoms with Crippen molar-refractivity contribution in [1.29, 1.82) is 0 Å². The number of urea groups is 1. The molecule has 0 aliphatic heterocycles. The third-order valence-corrected chi connectivity index (χ3v) is 2.02. The van der Waals surface area contributed by atoms with E-state index in [1.165, 1.54) is 0 Å². The van der Waals surface area contributed by atoms with Crippen molar-refractivity contribution in [2.24, 2.45) is 5.73 Å². The summed E-state index contributed by atoms with van der Waals surface area (Å²) < 4.78 is 4.79. The summed E-state index contributed by atoms with van der Waals surface area (Å²) in [5.41, 5.74) is 6.08. The lowest BCUT2D eigenvalue weighted by Crippen LogP contribution is -2.31. The predicted molar refractivity (Wildman–Crippen MR) is 63.9 cm³/mol. The molecule has 0 aliphatic rings. The molecule has 0 aromatic heterocycles. The van der Waals surface area contributed by atoms with Gasteiger partial charge in [-0.3, -0.25) is 4.79 Å². The highest BCUT2D eigenvalue weighted by Crippen LogP contribution is 2.08. The van der Waals surface area contributed by atoms with Crippen molar-refractivity contribution >= 4 is 17.6 Å². The Morgan fingerprint density at radius 3 is 2.47 bits per heavy atom. The number of primary amides is 1. The number of carbonyl (C=O) groups is 2. The molecule has 1 aromatic rings. The van der Waals surface area contributed by atoms with Crippen LogP contribution in [-0.4, -0.2) is 32.2 Å². The molecule has 6 nitrogen and oxygen atoms in total. The topological polar surface area (TPSA) is 93.4 Å². The molecule has 0 fully saturated rings. The number of ether oxygens (including phenoxy) is 1. The molecule has 0 unspecified atom stereocenters. The lowest BCUT2D eigenvalue weighted by atomic mass is 10.2. The van der Waals surface area contributed by atoms with E-state index >= 15 is 0 Å². The van der Waals surface area contributed by atoms with Crippen LogP contribution in [0.1, 0.15) is 10.4 Å². The minimum Gasteiger partial charge on any atom is -0.383 e. The number of rotatable bonds is 5. The SMILES string of the molecule is COCCNC(=O)Nc1ccc(C(N)=O)cc1. The Morgan fingerprint density at radius 2 is 1.94 bits per heavy atom. The molecule has 0 heterocycles. The molecule has 17 heavy (non-hydrogen) atoms. The van der Waals surface area contributed by atoms with Gasteiger partial charge in [0.25, 0.3) is 0 Å². The Kier molecular flexibility index (Phi) is 4.96. The number of anilines is 1. The first-order valence-corrected chi connectivity index (χ1v) is 5.07. The van der Waals surface area contributed by atoms with Crippen LogP contribution in [0.3, 0.4) is 0 Å². The van der Waals surface area contributed by atoms with Crippen LogP contribution in [-0.2, 0) is 4.74 Å². The van der Waals surface area contributed by atoms with Gasteiger partial charge in [0.2, 0.25) is 5.91 Å². The van der Waals surface area contributed by atoms with Crippen LogP contribution < -0.4 is 16.4 Å².